The molecule has 0 aromatic heterocycles. The monoisotopic (exact) mass is 431 g/mol. The molecule has 0 aliphatic carbocycles. The van der Waals surface area contributed by atoms with E-state index >= 15 is 0 Å². The van der Waals surface area contributed by atoms with Crippen LogP contribution < -0.4 is 11.1 Å². The minimum Gasteiger partial charge on any atom is -0.381 e. The second-order valence-electron chi connectivity index (χ2n) is 6.57. The van der Waals surface area contributed by atoms with Crippen LogP contribution in [-0.2, 0) is 10.2 Å². The van der Waals surface area contributed by atoms with E-state index in [1.54, 1.807) is 0 Å². The number of hydrogen-bond acceptors (Lipinski definition) is 2. The fourth-order valence-corrected chi connectivity index (χ4v) is 2.87. The number of nitrogens with one attached hydrogen (secondary N) is 1. The Morgan fingerprint density at radius 1 is 1.26 bits per heavy atom. The van der Waals surface area contributed by atoms with Gasteiger partial charge in [0.1, 0.15) is 0 Å². The molecule has 1 aromatic rings. The van der Waals surface area contributed by atoms with E-state index in [4.69, 9.17) is 10.5 Å². The maximum absolute atomic E-state index is 6.02. The number of nitrogens with zero attached hydrogens (tertiary/aromatic N) is 1. The highest BCUT2D eigenvalue weighted by atomic mass is 127. The number of rotatable bonds is 6. The highest BCUT2D eigenvalue weighted by Gasteiger charge is 2.34. The van der Waals surface area contributed by atoms with Gasteiger partial charge in [0, 0.05) is 25.2 Å². The Hall–Kier alpha value is -0.820. The minimum atomic E-state index is 0. The molecule has 1 fully saturated rings. The Labute approximate surface area is 157 Å². The summed E-state index contributed by atoms with van der Waals surface area (Å²) >= 11 is 0. The first-order valence-electron chi connectivity index (χ1n) is 8.29. The molecule has 23 heavy (non-hydrogen) atoms. The van der Waals surface area contributed by atoms with Crippen LogP contribution in [0, 0.1) is 5.92 Å². The van der Waals surface area contributed by atoms with Gasteiger partial charge in [-0.2, -0.15) is 0 Å². The van der Waals surface area contributed by atoms with Crippen molar-refractivity contribution in [3.8, 4) is 0 Å². The number of ether oxygens (including phenoxy) is 1. The predicted molar refractivity (Wildman–Crippen MR) is 108 cm³/mol. The normalized spacial score (nSPS) is 17.6. The van der Waals surface area contributed by atoms with Crippen LogP contribution in [0.1, 0.15) is 38.7 Å². The van der Waals surface area contributed by atoms with Crippen molar-refractivity contribution < 1.29 is 4.74 Å². The molecule has 1 aromatic carbocycles. The van der Waals surface area contributed by atoms with Gasteiger partial charge in [-0.25, -0.2) is 0 Å². The van der Waals surface area contributed by atoms with Gasteiger partial charge in [-0.3, -0.25) is 4.99 Å². The number of guanidine groups is 1. The molecular weight excluding hydrogens is 401 g/mol. The molecule has 130 valence electrons. The number of halogens is 1. The van der Waals surface area contributed by atoms with Crippen LogP contribution in [0.5, 0.6) is 0 Å². The van der Waals surface area contributed by atoms with Gasteiger partial charge in [-0.1, -0.05) is 44.2 Å². The average molecular weight is 431 g/mol. The average Bonchev–Trinajstić information content (AvgIpc) is 2.54. The van der Waals surface area contributed by atoms with E-state index in [-0.39, 0.29) is 29.4 Å². The summed E-state index contributed by atoms with van der Waals surface area (Å²) in [5.74, 6) is 1.23. The Balaban J connectivity index is 0.00000264. The molecule has 0 saturated carbocycles. The molecule has 0 atom stereocenters. The molecular formula is C18H30IN3O. The molecule has 4 nitrogen and oxygen atoms in total. The van der Waals surface area contributed by atoms with E-state index in [9.17, 15) is 0 Å². The Morgan fingerprint density at radius 3 is 2.52 bits per heavy atom. The van der Waals surface area contributed by atoms with Crippen LogP contribution in [0.25, 0.3) is 0 Å². The maximum atomic E-state index is 6.02. The van der Waals surface area contributed by atoms with Gasteiger partial charge < -0.3 is 15.8 Å². The second kappa shape index (κ2) is 10.1. The van der Waals surface area contributed by atoms with Gasteiger partial charge in [0.15, 0.2) is 5.96 Å². The van der Waals surface area contributed by atoms with E-state index in [0.29, 0.717) is 11.9 Å². The van der Waals surface area contributed by atoms with Gasteiger partial charge in [-0.15, -0.1) is 24.0 Å². The first-order chi connectivity index (χ1) is 10.6. The summed E-state index contributed by atoms with van der Waals surface area (Å²) in [5.41, 5.74) is 7.43. The Morgan fingerprint density at radius 2 is 1.91 bits per heavy atom. The molecule has 0 spiro atoms. The summed E-state index contributed by atoms with van der Waals surface area (Å²) in [6.45, 7) is 7.62. The smallest absolute Gasteiger partial charge is 0.188 e. The topological polar surface area (TPSA) is 59.6 Å². The zero-order valence-corrected chi connectivity index (χ0v) is 16.6. The summed E-state index contributed by atoms with van der Waals surface area (Å²) in [4.78, 5) is 4.62. The Kier molecular flexibility index (Phi) is 8.91. The van der Waals surface area contributed by atoms with Crippen molar-refractivity contribution in [1.82, 2.24) is 5.32 Å². The number of hydrogen-bond donors (Lipinski definition) is 2. The van der Waals surface area contributed by atoms with Crippen LogP contribution in [0.15, 0.2) is 35.3 Å². The van der Waals surface area contributed by atoms with Crippen molar-refractivity contribution in [3.63, 3.8) is 0 Å². The molecule has 1 saturated heterocycles. The zero-order valence-electron chi connectivity index (χ0n) is 14.3. The lowest BCUT2D eigenvalue weighted by atomic mass is 9.74. The van der Waals surface area contributed by atoms with Crippen molar-refractivity contribution in [2.24, 2.45) is 16.6 Å². The van der Waals surface area contributed by atoms with Crippen LogP contribution in [0.3, 0.4) is 0 Å². The third-order valence-electron chi connectivity index (χ3n) is 4.42. The summed E-state index contributed by atoms with van der Waals surface area (Å²) in [6.07, 6.45) is 3.10. The van der Waals surface area contributed by atoms with Crippen molar-refractivity contribution in [3.05, 3.63) is 35.9 Å². The van der Waals surface area contributed by atoms with E-state index in [0.717, 1.165) is 45.6 Å². The summed E-state index contributed by atoms with van der Waals surface area (Å²) < 4.78 is 5.55. The van der Waals surface area contributed by atoms with E-state index < -0.39 is 0 Å². The van der Waals surface area contributed by atoms with Crippen molar-refractivity contribution in [1.29, 1.82) is 0 Å². The number of benzene rings is 1. The summed E-state index contributed by atoms with van der Waals surface area (Å²) in [7, 11) is 0. The van der Waals surface area contributed by atoms with Gasteiger partial charge in [0.05, 0.1) is 6.54 Å². The molecule has 2 rings (SSSR count). The fourth-order valence-electron chi connectivity index (χ4n) is 2.87. The van der Waals surface area contributed by atoms with Gasteiger partial charge in [-0.05, 0) is 30.7 Å². The quantitative estimate of drug-likeness (QED) is 0.413. The van der Waals surface area contributed by atoms with Crippen LogP contribution in [0.2, 0.25) is 0 Å². The van der Waals surface area contributed by atoms with Gasteiger partial charge in [0.25, 0.3) is 0 Å². The molecule has 1 heterocycles. The molecule has 0 unspecified atom stereocenters. The SMILES string of the molecule is CC(C)CCNC(N)=NCC1(c2ccccc2)CCOCC1.I. The molecule has 0 bridgehead atoms. The van der Waals surface area contributed by atoms with Crippen molar-refractivity contribution >= 4 is 29.9 Å². The lowest BCUT2D eigenvalue weighted by Crippen LogP contribution is -2.39. The highest BCUT2D eigenvalue weighted by Crippen LogP contribution is 2.35. The van der Waals surface area contributed by atoms with E-state index in [1.807, 2.05) is 0 Å². The molecule has 3 N–H and O–H groups in total. The molecule has 0 radical (unpaired) electrons. The van der Waals surface area contributed by atoms with Gasteiger partial charge >= 0.3 is 0 Å². The standard InChI is InChI=1S/C18H29N3O.HI/c1-15(2)8-11-20-17(19)21-14-18(9-12-22-13-10-18)16-6-4-3-5-7-16;/h3-7,15H,8-14H2,1-2H3,(H3,19,20,21);1H. The fraction of sp³-hybridized carbons (Fsp3) is 0.611. The first kappa shape index (κ1) is 20.2. The van der Waals surface area contributed by atoms with Crippen molar-refractivity contribution in [2.45, 2.75) is 38.5 Å². The van der Waals surface area contributed by atoms with Crippen molar-refractivity contribution in [2.75, 3.05) is 26.3 Å². The number of aliphatic imine (C=N–C) groups is 1. The third kappa shape index (κ3) is 6.30. The molecule has 1 aliphatic rings. The highest BCUT2D eigenvalue weighted by molar-refractivity contribution is 14.0. The molecule has 1 aliphatic heterocycles. The first-order valence-corrected chi connectivity index (χ1v) is 8.29. The van der Waals surface area contributed by atoms with Crippen LogP contribution in [-0.4, -0.2) is 32.3 Å². The predicted octanol–water partition coefficient (Wildman–Crippen LogP) is 3.30. The lowest BCUT2D eigenvalue weighted by Gasteiger charge is -2.36. The summed E-state index contributed by atoms with van der Waals surface area (Å²) in [6, 6.07) is 10.6. The second-order valence-corrected chi connectivity index (χ2v) is 6.57. The van der Waals surface area contributed by atoms with Crippen LogP contribution >= 0.6 is 24.0 Å². The van der Waals surface area contributed by atoms with Gasteiger partial charge in [0.2, 0.25) is 0 Å². The lowest BCUT2D eigenvalue weighted by molar-refractivity contribution is 0.0531. The molecule has 0 amide bonds. The maximum Gasteiger partial charge on any atom is 0.188 e. The van der Waals surface area contributed by atoms with Crippen LogP contribution in [0.4, 0.5) is 0 Å². The number of nitrogens with two attached hydrogens (primary N) is 1. The largest absolute Gasteiger partial charge is 0.381 e. The zero-order chi connectivity index (χ0) is 15.8. The summed E-state index contributed by atoms with van der Waals surface area (Å²) in [5, 5.41) is 3.22. The molecule has 5 heteroatoms. The minimum absolute atomic E-state index is 0. The van der Waals surface area contributed by atoms with E-state index in [1.165, 1.54) is 5.56 Å². The Bertz CT molecular complexity index is 470. The van der Waals surface area contributed by atoms with E-state index in [2.05, 4.69) is 54.5 Å². The third-order valence-corrected chi connectivity index (χ3v) is 4.42.